The van der Waals surface area contributed by atoms with Gasteiger partial charge < -0.3 is 5.32 Å². The first-order chi connectivity index (χ1) is 8.70. The fourth-order valence-corrected chi connectivity index (χ4v) is 3.46. The number of hydrogen-bond acceptors (Lipinski definition) is 2. The van der Waals surface area contributed by atoms with Gasteiger partial charge in [-0.05, 0) is 39.5 Å². The molecule has 2 aliphatic rings. The van der Waals surface area contributed by atoms with Crippen LogP contribution in [-0.4, -0.2) is 35.6 Å². The van der Waals surface area contributed by atoms with E-state index in [1.165, 1.54) is 57.9 Å². The van der Waals surface area contributed by atoms with Gasteiger partial charge in [0.25, 0.3) is 0 Å². The molecule has 2 heteroatoms. The molecule has 0 radical (unpaired) electrons. The molecular formula is C16H32N2. The molecule has 0 aromatic rings. The summed E-state index contributed by atoms with van der Waals surface area (Å²) >= 11 is 0. The Labute approximate surface area is 114 Å². The van der Waals surface area contributed by atoms with Gasteiger partial charge in [-0.2, -0.15) is 0 Å². The van der Waals surface area contributed by atoms with Gasteiger partial charge in [0.1, 0.15) is 0 Å². The third kappa shape index (κ3) is 4.24. The second-order valence-electron chi connectivity index (χ2n) is 6.63. The van der Waals surface area contributed by atoms with Gasteiger partial charge in [0.05, 0.1) is 0 Å². The van der Waals surface area contributed by atoms with Crippen LogP contribution in [0.5, 0.6) is 0 Å². The minimum absolute atomic E-state index is 0.707. The van der Waals surface area contributed by atoms with E-state index in [-0.39, 0.29) is 0 Å². The molecule has 1 aliphatic carbocycles. The Bertz CT molecular complexity index is 237. The molecule has 106 valence electrons. The summed E-state index contributed by atoms with van der Waals surface area (Å²) in [6.07, 6.45) is 11.2. The second-order valence-corrected chi connectivity index (χ2v) is 6.63. The maximum atomic E-state index is 3.86. The number of nitrogens with zero attached hydrogens (tertiary/aromatic N) is 1. The highest BCUT2D eigenvalue weighted by Gasteiger charge is 2.38. The van der Waals surface area contributed by atoms with E-state index in [0.29, 0.717) is 6.04 Å². The zero-order valence-electron chi connectivity index (χ0n) is 12.6. The number of unbranched alkanes of at least 4 members (excludes halogenated alkanes) is 3. The Hall–Kier alpha value is -0.0800. The van der Waals surface area contributed by atoms with Crippen molar-refractivity contribution in [3.05, 3.63) is 0 Å². The van der Waals surface area contributed by atoms with Gasteiger partial charge >= 0.3 is 0 Å². The highest BCUT2D eigenvalue weighted by molar-refractivity contribution is 4.96. The van der Waals surface area contributed by atoms with Crippen molar-refractivity contribution in [3.8, 4) is 0 Å². The lowest BCUT2D eigenvalue weighted by molar-refractivity contribution is 0.253. The molecule has 18 heavy (non-hydrogen) atoms. The lowest BCUT2D eigenvalue weighted by Gasteiger charge is -2.21. The zero-order chi connectivity index (χ0) is 13.0. The van der Waals surface area contributed by atoms with Crippen LogP contribution in [-0.2, 0) is 0 Å². The molecule has 1 saturated heterocycles. The number of rotatable bonds is 8. The first-order valence-electron chi connectivity index (χ1n) is 8.22. The summed E-state index contributed by atoms with van der Waals surface area (Å²) in [6, 6.07) is 3.20. The number of hydrogen-bond donors (Lipinski definition) is 1. The summed E-state index contributed by atoms with van der Waals surface area (Å²) in [5.74, 6) is 0. The quantitative estimate of drug-likeness (QED) is 0.665. The summed E-state index contributed by atoms with van der Waals surface area (Å²) in [6.45, 7) is 8.36. The van der Waals surface area contributed by atoms with Gasteiger partial charge in [0.15, 0.2) is 0 Å². The second kappa shape index (κ2) is 6.91. The van der Waals surface area contributed by atoms with Crippen molar-refractivity contribution in [1.82, 2.24) is 10.2 Å². The largest absolute Gasteiger partial charge is 0.310 e. The van der Waals surface area contributed by atoms with E-state index < -0.39 is 0 Å². The van der Waals surface area contributed by atoms with E-state index in [0.717, 1.165) is 18.1 Å². The first kappa shape index (κ1) is 14.3. The van der Waals surface area contributed by atoms with Crippen molar-refractivity contribution >= 4 is 0 Å². The maximum absolute atomic E-state index is 3.86. The van der Waals surface area contributed by atoms with E-state index in [2.05, 4.69) is 31.0 Å². The summed E-state index contributed by atoms with van der Waals surface area (Å²) in [7, 11) is 0. The average Bonchev–Trinajstić information content (AvgIpc) is 3.10. The van der Waals surface area contributed by atoms with Crippen LogP contribution in [0.2, 0.25) is 0 Å². The van der Waals surface area contributed by atoms with Crippen LogP contribution in [0.25, 0.3) is 0 Å². The van der Waals surface area contributed by atoms with E-state index in [1.54, 1.807) is 0 Å². The molecule has 2 rings (SSSR count). The van der Waals surface area contributed by atoms with Crippen molar-refractivity contribution in [2.45, 2.75) is 96.3 Å². The predicted molar refractivity (Wildman–Crippen MR) is 79.0 cm³/mol. The maximum Gasteiger partial charge on any atom is 0.0212 e. The van der Waals surface area contributed by atoms with Crippen LogP contribution in [0.4, 0.5) is 0 Å². The Balaban J connectivity index is 1.60. The minimum Gasteiger partial charge on any atom is -0.310 e. The van der Waals surface area contributed by atoms with E-state index in [1.807, 2.05) is 0 Å². The topological polar surface area (TPSA) is 15.3 Å². The summed E-state index contributed by atoms with van der Waals surface area (Å²) < 4.78 is 0. The number of nitrogens with one attached hydrogen (secondary N) is 1. The molecular weight excluding hydrogens is 220 g/mol. The molecule has 1 aliphatic heterocycles. The highest BCUT2D eigenvalue weighted by atomic mass is 15.3. The Kier molecular flexibility index (Phi) is 5.50. The van der Waals surface area contributed by atoms with Crippen LogP contribution >= 0.6 is 0 Å². The van der Waals surface area contributed by atoms with Gasteiger partial charge in [-0.1, -0.05) is 32.6 Å². The van der Waals surface area contributed by atoms with Gasteiger partial charge in [0.2, 0.25) is 0 Å². The first-order valence-corrected chi connectivity index (χ1v) is 8.22. The molecule has 3 unspecified atom stereocenters. The van der Waals surface area contributed by atoms with Gasteiger partial charge in [-0.25, -0.2) is 0 Å². The molecule has 2 nitrogen and oxygen atoms in total. The van der Waals surface area contributed by atoms with Gasteiger partial charge in [-0.15, -0.1) is 0 Å². The summed E-state index contributed by atoms with van der Waals surface area (Å²) in [5, 5.41) is 3.86. The van der Waals surface area contributed by atoms with Crippen molar-refractivity contribution in [3.63, 3.8) is 0 Å². The Morgan fingerprint density at radius 3 is 2.67 bits per heavy atom. The fourth-order valence-electron chi connectivity index (χ4n) is 3.46. The van der Waals surface area contributed by atoms with Crippen LogP contribution < -0.4 is 5.32 Å². The van der Waals surface area contributed by atoms with E-state index in [4.69, 9.17) is 0 Å². The Morgan fingerprint density at radius 2 is 2.00 bits per heavy atom. The highest BCUT2D eigenvalue weighted by Crippen LogP contribution is 2.33. The molecule has 1 heterocycles. The van der Waals surface area contributed by atoms with Crippen LogP contribution in [0.15, 0.2) is 0 Å². The van der Waals surface area contributed by atoms with Gasteiger partial charge in [-0.3, -0.25) is 4.90 Å². The predicted octanol–water partition coefficient (Wildman–Crippen LogP) is 3.56. The third-order valence-electron chi connectivity index (χ3n) is 4.65. The van der Waals surface area contributed by atoms with Crippen molar-refractivity contribution in [1.29, 1.82) is 0 Å². The summed E-state index contributed by atoms with van der Waals surface area (Å²) in [5.41, 5.74) is 0. The molecule has 3 atom stereocenters. The van der Waals surface area contributed by atoms with Crippen LogP contribution in [0.1, 0.15) is 72.1 Å². The summed E-state index contributed by atoms with van der Waals surface area (Å²) in [4.78, 5) is 2.74. The monoisotopic (exact) mass is 252 g/mol. The molecule has 0 aromatic heterocycles. The lowest BCUT2D eigenvalue weighted by Crippen LogP contribution is -2.39. The van der Waals surface area contributed by atoms with Gasteiger partial charge in [0, 0.05) is 30.7 Å². The average molecular weight is 252 g/mol. The molecule has 2 fully saturated rings. The fraction of sp³-hybridized carbons (Fsp3) is 1.00. The molecule has 1 saturated carbocycles. The number of likely N-dealkylation sites (tertiary alicyclic amines) is 1. The van der Waals surface area contributed by atoms with E-state index >= 15 is 0 Å². The molecule has 0 bridgehead atoms. The third-order valence-corrected chi connectivity index (χ3v) is 4.65. The van der Waals surface area contributed by atoms with Crippen molar-refractivity contribution in [2.75, 3.05) is 6.54 Å². The van der Waals surface area contributed by atoms with Crippen LogP contribution in [0.3, 0.4) is 0 Å². The molecule has 0 spiro atoms. The minimum atomic E-state index is 0.707. The van der Waals surface area contributed by atoms with E-state index in [9.17, 15) is 0 Å². The molecule has 1 N–H and O–H groups in total. The molecule has 0 amide bonds. The Morgan fingerprint density at radius 1 is 1.22 bits per heavy atom. The van der Waals surface area contributed by atoms with Crippen LogP contribution in [0, 0.1) is 0 Å². The smallest absolute Gasteiger partial charge is 0.0212 e. The normalized spacial score (nSPS) is 30.8. The van der Waals surface area contributed by atoms with Crippen molar-refractivity contribution < 1.29 is 0 Å². The van der Waals surface area contributed by atoms with Crippen molar-refractivity contribution in [2.24, 2.45) is 0 Å². The SMILES string of the molecule is CCCCCCC(C)NC1CC(C)N(C2CC2)C1. The lowest BCUT2D eigenvalue weighted by atomic mass is 10.1. The zero-order valence-corrected chi connectivity index (χ0v) is 12.6. The standard InChI is InChI=1S/C16H32N2/c1-4-5-6-7-8-13(2)17-15-11-14(3)18(12-15)16-9-10-16/h13-17H,4-12H2,1-3H3. The molecule has 0 aromatic carbocycles.